The van der Waals surface area contributed by atoms with E-state index in [9.17, 15) is 31.5 Å². The summed E-state index contributed by atoms with van der Waals surface area (Å²) in [6, 6.07) is 17.2. The van der Waals surface area contributed by atoms with Gasteiger partial charge in [0.25, 0.3) is 5.56 Å². The summed E-state index contributed by atoms with van der Waals surface area (Å²) in [5.41, 5.74) is 2.69. The Balaban J connectivity index is 1.32. The van der Waals surface area contributed by atoms with E-state index in [-0.39, 0.29) is 43.4 Å². The molecule has 3 aromatic carbocycles. The first-order chi connectivity index (χ1) is 26.4. The van der Waals surface area contributed by atoms with E-state index in [0.717, 1.165) is 55.1 Å². The van der Waals surface area contributed by atoms with Gasteiger partial charge >= 0.3 is 6.18 Å². The second-order valence-corrected chi connectivity index (χ2v) is 13.8. The number of nitrogens with one attached hydrogen (secondary N) is 1. The number of likely N-dealkylation sites (tertiary alicyclic amines) is 1. The molecule has 0 saturated carbocycles. The highest BCUT2D eigenvalue weighted by Crippen LogP contribution is 2.31. The normalized spacial score (nSPS) is 15.6. The first kappa shape index (κ1) is 39.5. The minimum atomic E-state index is -4.43. The standard InChI is InChI=1S/C41H43F5N6O3/c1-27(33-24-47-48-25-33)52-39(54)22-32(14-13-31-6-5-7-35(42)40(31)43)36(49-52)23-38(53)51(37-8-3-4-19-50(37)20-21-55-2)26-28-9-11-29(12-10-28)30-15-17-34(18-16-30)41(44,45)46/h5-7,9-12,15-18,22,24-25,27,37H,3-4,8,13-14,19-21,23,26H2,1-2H3,(H,47,48). The highest BCUT2D eigenvalue weighted by molar-refractivity contribution is 5.79. The topological polar surface area (TPSA) is 96.3 Å². The van der Waals surface area contributed by atoms with Crippen LogP contribution in [0.1, 0.15) is 65.7 Å². The Hall–Kier alpha value is -5.21. The molecule has 0 aliphatic carbocycles. The average Bonchev–Trinajstić information content (AvgIpc) is 3.73. The molecule has 1 saturated heterocycles. The van der Waals surface area contributed by atoms with E-state index in [0.29, 0.717) is 35.5 Å². The van der Waals surface area contributed by atoms with Gasteiger partial charge in [-0.15, -0.1) is 0 Å². The SMILES string of the molecule is COCCN1CCCCC1N(Cc1ccc(-c2ccc(C(F)(F)F)cc2)cc1)C(=O)Cc1nn(C(C)c2cn[nH]c2)c(=O)cc1CCc1cccc(F)c1F. The van der Waals surface area contributed by atoms with Gasteiger partial charge in [0.1, 0.15) is 0 Å². The van der Waals surface area contributed by atoms with Crippen LogP contribution in [0.3, 0.4) is 0 Å². The predicted molar refractivity (Wildman–Crippen MR) is 197 cm³/mol. The fraction of sp³-hybridized carbons (Fsp3) is 0.366. The summed E-state index contributed by atoms with van der Waals surface area (Å²) in [6.07, 6.45) is 1.18. The lowest BCUT2D eigenvalue weighted by Gasteiger charge is -2.43. The van der Waals surface area contributed by atoms with Crippen molar-refractivity contribution in [1.29, 1.82) is 0 Å². The quantitative estimate of drug-likeness (QED) is 0.119. The number of hydrogen-bond donors (Lipinski definition) is 1. The van der Waals surface area contributed by atoms with Crippen molar-refractivity contribution in [2.24, 2.45) is 0 Å². The van der Waals surface area contributed by atoms with Gasteiger partial charge in [0.15, 0.2) is 11.6 Å². The number of halogens is 5. The van der Waals surface area contributed by atoms with Crippen molar-refractivity contribution in [3.63, 3.8) is 0 Å². The number of alkyl halides is 3. The number of carbonyl (C=O) groups is 1. The Morgan fingerprint density at radius 2 is 1.71 bits per heavy atom. The van der Waals surface area contributed by atoms with Crippen LogP contribution in [0, 0.1) is 11.6 Å². The van der Waals surface area contributed by atoms with Crippen LogP contribution in [0.2, 0.25) is 0 Å². The summed E-state index contributed by atoms with van der Waals surface area (Å²) < 4.78 is 74.9. The zero-order valence-corrected chi connectivity index (χ0v) is 30.7. The number of aromatic amines is 1. The minimum Gasteiger partial charge on any atom is -0.383 e. The lowest BCUT2D eigenvalue weighted by Crippen LogP contribution is -2.54. The van der Waals surface area contributed by atoms with Crippen LogP contribution in [0.5, 0.6) is 0 Å². The van der Waals surface area contributed by atoms with Crippen molar-refractivity contribution in [2.45, 2.75) is 70.4 Å². The molecule has 2 unspecified atom stereocenters. The van der Waals surface area contributed by atoms with Crippen molar-refractivity contribution in [1.82, 2.24) is 29.8 Å². The van der Waals surface area contributed by atoms with Crippen molar-refractivity contribution in [2.75, 3.05) is 26.8 Å². The molecule has 1 aliphatic heterocycles. The highest BCUT2D eigenvalue weighted by atomic mass is 19.4. The van der Waals surface area contributed by atoms with E-state index in [2.05, 4.69) is 15.1 Å². The van der Waals surface area contributed by atoms with E-state index >= 15 is 0 Å². The van der Waals surface area contributed by atoms with Crippen LogP contribution in [0.15, 0.2) is 90.0 Å². The third kappa shape index (κ3) is 9.54. The molecule has 6 rings (SSSR count). The Morgan fingerprint density at radius 1 is 1.00 bits per heavy atom. The van der Waals surface area contributed by atoms with Crippen molar-refractivity contribution >= 4 is 5.91 Å². The number of aryl methyl sites for hydroxylation is 2. The molecular weight excluding hydrogens is 719 g/mol. The van der Waals surface area contributed by atoms with Crippen LogP contribution in [-0.4, -0.2) is 68.7 Å². The van der Waals surface area contributed by atoms with Crippen LogP contribution in [0.25, 0.3) is 11.1 Å². The summed E-state index contributed by atoms with van der Waals surface area (Å²) in [7, 11) is 1.63. The monoisotopic (exact) mass is 762 g/mol. The molecule has 0 bridgehead atoms. The third-order valence-electron chi connectivity index (χ3n) is 10.2. The largest absolute Gasteiger partial charge is 0.416 e. The summed E-state index contributed by atoms with van der Waals surface area (Å²) >= 11 is 0. The molecule has 1 amide bonds. The van der Waals surface area contributed by atoms with E-state index in [1.54, 1.807) is 26.4 Å². The average molecular weight is 763 g/mol. The molecule has 9 nitrogen and oxygen atoms in total. The van der Waals surface area contributed by atoms with Crippen molar-refractivity contribution in [3.8, 4) is 11.1 Å². The molecule has 5 aromatic rings. The number of methoxy groups -OCH3 is 1. The molecule has 55 heavy (non-hydrogen) atoms. The summed E-state index contributed by atoms with van der Waals surface area (Å²) in [5.74, 6) is -2.17. The van der Waals surface area contributed by atoms with Gasteiger partial charge in [-0.05, 0) is 85.0 Å². The van der Waals surface area contributed by atoms with Crippen LogP contribution >= 0.6 is 0 Å². The second-order valence-electron chi connectivity index (χ2n) is 13.8. The number of nitrogens with zero attached hydrogens (tertiary/aromatic N) is 5. The first-order valence-corrected chi connectivity index (χ1v) is 18.2. The first-order valence-electron chi connectivity index (χ1n) is 18.2. The van der Waals surface area contributed by atoms with Gasteiger partial charge in [-0.2, -0.15) is 23.4 Å². The molecule has 1 fully saturated rings. The van der Waals surface area contributed by atoms with Crippen LogP contribution in [-0.2, 0) is 41.5 Å². The van der Waals surface area contributed by atoms with Crippen LogP contribution < -0.4 is 5.56 Å². The molecule has 290 valence electrons. The number of amides is 1. The zero-order valence-electron chi connectivity index (χ0n) is 30.7. The number of benzene rings is 3. The number of ether oxygens (including phenoxy) is 1. The van der Waals surface area contributed by atoms with Crippen molar-refractivity contribution < 1.29 is 31.5 Å². The lowest BCUT2D eigenvalue weighted by molar-refractivity contribution is -0.140. The van der Waals surface area contributed by atoms with E-state index in [1.165, 1.54) is 35.0 Å². The van der Waals surface area contributed by atoms with Crippen LogP contribution in [0.4, 0.5) is 22.0 Å². The fourth-order valence-electron chi connectivity index (χ4n) is 7.08. The van der Waals surface area contributed by atoms with Gasteiger partial charge in [-0.1, -0.05) is 48.5 Å². The lowest BCUT2D eigenvalue weighted by atomic mass is 10.00. The molecule has 1 N–H and O–H groups in total. The molecule has 2 aromatic heterocycles. The smallest absolute Gasteiger partial charge is 0.383 e. The number of carbonyl (C=O) groups excluding carboxylic acids is 1. The molecule has 14 heteroatoms. The maximum atomic E-state index is 14.7. The van der Waals surface area contributed by atoms with Gasteiger partial charge in [0, 0.05) is 44.6 Å². The van der Waals surface area contributed by atoms with Gasteiger partial charge in [0.05, 0.1) is 42.7 Å². The Morgan fingerprint density at radius 3 is 2.38 bits per heavy atom. The number of H-pyrrole nitrogens is 1. The number of rotatable bonds is 14. The fourth-order valence-corrected chi connectivity index (χ4v) is 7.08. The van der Waals surface area contributed by atoms with Gasteiger partial charge < -0.3 is 9.64 Å². The highest BCUT2D eigenvalue weighted by Gasteiger charge is 2.33. The maximum absolute atomic E-state index is 14.7. The Kier molecular flexibility index (Phi) is 12.6. The predicted octanol–water partition coefficient (Wildman–Crippen LogP) is 7.35. The molecule has 0 spiro atoms. The number of hydrogen-bond acceptors (Lipinski definition) is 6. The molecule has 2 atom stereocenters. The second kappa shape index (κ2) is 17.5. The summed E-state index contributed by atoms with van der Waals surface area (Å²) in [4.78, 5) is 32.2. The van der Waals surface area contributed by atoms with Crippen molar-refractivity contribution in [3.05, 3.63) is 141 Å². The molecule has 0 radical (unpaired) electrons. The van der Waals surface area contributed by atoms with E-state index in [1.807, 2.05) is 29.2 Å². The number of piperidine rings is 1. The van der Waals surface area contributed by atoms with Gasteiger partial charge in [-0.3, -0.25) is 19.6 Å². The maximum Gasteiger partial charge on any atom is 0.416 e. The Labute approximate surface area is 315 Å². The molecule has 1 aliphatic rings. The minimum absolute atomic E-state index is 0.0790. The van der Waals surface area contributed by atoms with Gasteiger partial charge in [0.2, 0.25) is 5.91 Å². The van der Waals surface area contributed by atoms with E-state index in [4.69, 9.17) is 9.84 Å². The number of aromatic nitrogens is 4. The zero-order chi connectivity index (χ0) is 39.1. The molecule has 3 heterocycles. The molecular formula is C41H43F5N6O3. The third-order valence-corrected chi connectivity index (χ3v) is 10.2. The summed E-state index contributed by atoms with van der Waals surface area (Å²) in [5, 5.41) is 11.5. The van der Waals surface area contributed by atoms with E-state index < -0.39 is 35.0 Å². The summed E-state index contributed by atoms with van der Waals surface area (Å²) in [6.45, 7) is 3.87. The van der Waals surface area contributed by atoms with Gasteiger partial charge in [-0.25, -0.2) is 13.5 Å². The Bertz CT molecular complexity index is 2100.